The van der Waals surface area contributed by atoms with Crippen LogP contribution in [0.2, 0.25) is 0 Å². The molecule has 0 bridgehead atoms. The fourth-order valence-corrected chi connectivity index (χ4v) is 3.57. The number of rotatable bonds is 3. The van der Waals surface area contributed by atoms with Crippen molar-refractivity contribution in [1.82, 2.24) is 4.90 Å². The van der Waals surface area contributed by atoms with Gasteiger partial charge < -0.3 is 14.4 Å². The van der Waals surface area contributed by atoms with E-state index in [1.54, 1.807) is 4.90 Å². The average molecular weight is 319 g/mol. The monoisotopic (exact) mass is 319 g/mol. The lowest BCUT2D eigenvalue weighted by Gasteiger charge is -2.29. The number of furan rings is 1. The number of carboxylic acid groups (broad SMARTS) is 1. The molecule has 1 N–H and O–H groups in total. The van der Waals surface area contributed by atoms with Crippen LogP contribution in [0.15, 0.2) is 28.7 Å². The topological polar surface area (TPSA) is 70.8 Å². The van der Waals surface area contributed by atoms with E-state index in [2.05, 4.69) is 0 Å². The van der Waals surface area contributed by atoms with Crippen molar-refractivity contribution in [1.29, 1.82) is 0 Å². The molecule has 0 radical (unpaired) electrons. The van der Waals surface area contributed by atoms with E-state index < -0.39 is 5.97 Å². The van der Waals surface area contributed by atoms with E-state index in [0.29, 0.717) is 30.8 Å². The quantitative estimate of drug-likeness (QED) is 0.942. The van der Waals surface area contributed by atoms with Gasteiger partial charge in [-0.2, -0.15) is 0 Å². The zero-order valence-electron chi connectivity index (χ0n) is 12.2. The number of carbonyl (C=O) groups excluding carboxylic acids is 1. The fraction of sp³-hybridized carbons (Fsp3) is 0.375. The normalized spacial score (nSPS) is 16.0. The second kappa shape index (κ2) is 5.96. The molecule has 1 saturated heterocycles. The van der Waals surface area contributed by atoms with Crippen molar-refractivity contribution in [2.45, 2.75) is 19.8 Å². The Balaban J connectivity index is 1.69. The molecular formula is C16H17NO4S. The maximum absolute atomic E-state index is 12.5. The number of piperidine rings is 1. The van der Waals surface area contributed by atoms with Crippen molar-refractivity contribution in [3.63, 3.8) is 0 Å². The molecular weight excluding hydrogens is 302 g/mol. The largest absolute Gasteiger partial charge is 0.481 e. The predicted molar refractivity (Wildman–Crippen MR) is 83.0 cm³/mol. The molecule has 0 unspecified atom stereocenters. The fourth-order valence-electron chi connectivity index (χ4n) is 2.64. The van der Waals surface area contributed by atoms with Crippen molar-refractivity contribution in [2.24, 2.45) is 5.92 Å². The van der Waals surface area contributed by atoms with Gasteiger partial charge in [0.25, 0.3) is 5.91 Å². The minimum Gasteiger partial charge on any atom is -0.481 e. The highest BCUT2D eigenvalue weighted by Gasteiger charge is 2.28. The minimum atomic E-state index is -0.765. The summed E-state index contributed by atoms with van der Waals surface area (Å²) in [5, 5.41) is 9.00. The highest BCUT2D eigenvalue weighted by molar-refractivity contribution is 7.17. The first kappa shape index (κ1) is 14.8. The second-order valence-corrected chi connectivity index (χ2v) is 6.56. The Bertz CT molecular complexity index is 695. The first-order valence-corrected chi connectivity index (χ1v) is 8.05. The van der Waals surface area contributed by atoms with E-state index in [1.807, 2.05) is 31.2 Å². The number of carboxylic acids is 1. The zero-order valence-corrected chi connectivity index (χ0v) is 13.1. The number of aliphatic carboxylic acids is 1. The van der Waals surface area contributed by atoms with Crippen LogP contribution in [0.4, 0.5) is 0 Å². The molecule has 5 nitrogen and oxygen atoms in total. The maximum atomic E-state index is 12.5. The van der Waals surface area contributed by atoms with Crippen LogP contribution in [0.3, 0.4) is 0 Å². The maximum Gasteiger partial charge on any atom is 0.306 e. The third-order valence-corrected chi connectivity index (χ3v) is 5.02. The van der Waals surface area contributed by atoms with Crippen LogP contribution in [0.5, 0.6) is 0 Å². The number of hydrogen-bond donors (Lipinski definition) is 1. The number of aryl methyl sites for hydroxylation is 1. The van der Waals surface area contributed by atoms with Crippen molar-refractivity contribution < 1.29 is 19.1 Å². The van der Waals surface area contributed by atoms with Crippen LogP contribution in [0, 0.1) is 12.8 Å². The molecule has 0 atom stereocenters. The smallest absolute Gasteiger partial charge is 0.306 e. The summed E-state index contributed by atoms with van der Waals surface area (Å²) in [5.41, 5.74) is 0. The highest BCUT2D eigenvalue weighted by Crippen LogP contribution is 2.31. The van der Waals surface area contributed by atoms with Crippen LogP contribution in [0.1, 0.15) is 28.3 Å². The molecule has 1 aliphatic rings. The molecule has 0 spiro atoms. The lowest BCUT2D eigenvalue weighted by molar-refractivity contribution is -0.143. The summed E-state index contributed by atoms with van der Waals surface area (Å²) >= 11 is 1.41. The SMILES string of the molecule is Cc1ccc(-c2ccc(C(=O)N3CCC(C(=O)O)CC3)s2)o1. The third kappa shape index (κ3) is 2.92. The van der Waals surface area contributed by atoms with Gasteiger partial charge in [0.05, 0.1) is 15.7 Å². The number of thiophene rings is 1. The summed E-state index contributed by atoms with van der Waals surface area (Å²) in [6, 6.07) is 7.49. The number of hydrogen-bond acceptors (Lipinski definition) is 4. The van der Waals surface area contributed by atoms with Crippen molar-refractivity contribution in [3.8, 4) is 10.6 Å². The molecule has 22 heavy (non-hydrogen) atoms. The second-order valence-electron chi connectivity index (χ2n) is 5.48. The standard InChI is InChI=1S/C16H17NO4S/c1-10-2-3-12(21-10)13-4-5-14(22-13)15(18)17-8-6-11(7-9-17)16(19)20/h2-5,11H,6-9H2,1H3,(H,19,20). The molecule has 6 heteroatoms. The summed E-state index contributed by atoms with van der Waals surface area (Å²) in [6.45, 7) is 2.89. The molecule has 2 aromatic heterocycles. The molecule has 0 aromatic carbocycles. The van der Waals surface area contributed by atoms with Gasteiger partial charge in [0.2, 0.25) is 0 Å². The summed E-state index contributed by atoms with van der Waals surface area (Å²) < 4.78 is 5.57. The number of nitrogens with zero attached hydrogens (tertiary/aromatic N) is 1. The van der Waals surface area contributed by atoms with E-state index in [0.717, 1.165) is 16.4 Å². The Labute approximate surface area is 132 Å². The lowest BCUT2D eigenvalue weighted by Crippen LogP contribution is -2.39. The average Bonchev–Trinajstić information content (AvgIpc) is 3.15. The van der Waals surface area contributed by atoms with Crippen LogP contribution in [-0.4, -0.2) is 35.0 Å². The van der Waals surface area contributed by atoms with Gasteiger partial charge in [0, 0.05) is 13.1 Å². The van der Waals surface area contributed by atoms with Gasteiger partial charge in [-0.05, 0) is 44.0 Å². The Morgan fingerprint density at radius 1 is 1.23 bits per heavy atom. The third-order valence-electron chi connectivity index (χ3n) is 3.93. The first-order valence-electron chi connectivity index (χ1n) is 7.23. The predicted octanol–water partition coefficient (Wildman–Crippen LogP) is 3.25. The highest BCUT2D eigenvalue weighted by atomic mass is 32.1. The molecule has 3 rings (SSSR count). The summed E-state index contributed by atoms with van der Waals surface area (Å²) in [6.07, 6.45) is 1.05. The van der Waals surface area contributed by atoms with Gasteiger partial charge in [0.1, 0.15) is 11.5 Å². The van der Waals surface area contributed by atoms with Crippen LogP contribution in [0.25, 0.3) is 10.6 Å². The van der Waals surface area contributed by atoms with Gasteiger partial charge in [0.15, 0.2) is 0 Å². The van der Waals surface area contributed by atoms with Crippen LogP contribution < -0.4 is 0 Å². The van der Waals surface area contributed by atoms with E-state index in [1.165, 1.54) is 11.3 Å². The van der Waals surface area contributed by atoms with Crippen molar-refractivity contribution in [3.05, 3.63) is 34.9 Å². The van der Waals surface area contributed by atoms with Gasteiger partial charge >= 0.3 is 5.97 Å². The molecule has 1 aliphatic heterocycles. The van der Waals surface area contributed by atoms with Gasteiger partial charge in [-0.3, -0.25) is 9.59 Å². The molecule has 2 aromatic rings. The summed E-state index contributed by atoms with van der Waals surface area (Å²) in [7, 11) is 0. The Kier molecular flexibility index (Phi) is 4.02. The molecule has 0 aliphatic carbocycles. The number of carbonyl (C=O) groups is 2. The Morgan fingerprint density at radius 3 is 2.55 bits per heavy atom. The number of likely N-dealkylation sites (tertiary alicyclic amines) is 1. The summed E-state index contributed by atoms with van der Waals surface area (Å²) in [4.78, 5) is 26.8. The molecule has 3 heterocycles. The first-order chi connectivity index (χ1) is 10.5. The zero-order chi connectivity index (χ0) is 15.7. The van der Waals surface area contributed by atoms with Crippen molar-refractivity contribution >= 4 is 23.2 Å². The summed E-state index contributed by atoms with van der Waals surface area (Å²) in [5.74, 6) is 0.495. The van der Waals surface area contributed by atoms with Crippen molar-refractivity contribution in [2.75, 3.05) is 13.1 Å². The Morgan fingerprint density at radius 2 is 1.95 bits per heavy atom. The minimum absolute atomic E-state index is 0.0247. The van der Waals surface area contributed by atoms with E-state index in [-0.39, 0.29) is 11.8 Å². The molecule has 0 saturated carbocycles. The molecule has 1 fully saturated rings. The molecule has 116 valence electrons. The van der Waals surface area contributed by atoms with E-state index in [9.17, 15) is 9.59 Å². The number of amides is 1. The van der Waals surface area contributed by atoms with Crippen LogP contribution in [-0.2, 0) is 4.79 Å². The van der Waals surface area contributed by atoms with Crippen LogP contribution >= 0.6 is 11.3 Å². The van der Waals surface area contributed by atoms with E-state index in [4.69, 9.17) is 9.52 Å². The van der Waals surface area contributed by atoms with Gasteiger partial charge in [-0.25, -0.2) is 0 Å². The lowest BCUT2D eigenvalue weighted by atomic mass is 9.97. The van der Waals surface area contributed by atoms with Gasteiger partial charge in [-0.1, -0.05) is 0 Å². The Hall–Kier alpha value is -2.08. The molecule has 1 amide bonds. The van der Waals surface area contributed by atoms with E-state index >= 15 is 0 Å². The van der Waals surface area contributed by atoms with Gasteiger partial charge in [-0.15, -0.1) is 11.3 Å².